The highest BCUT2D eigenvalue weighted by Crippen LogP contribution is 2.72. The zero-order chi connectivity index (χ0) is 47.5. The van der Waals surface area contributed by atoms with Crippen LogP contribution in [-0.2, 0) is 48.8 Å². The van der Waals surface area contributed by atoms with E-state index in [9.17, 15) is 43.8 Å². The summed E-state index contributed by atoms with van der Waals surface area (Å²) in [6.45, 7) is 5.38. The van der Waals surface area contributed by atoms with E-state index in [0.29, 0.717) is 17.0 Å². The van der Waals surface area contributed by atoms with Gasteiger partial charge in [-0.05, 0) is 80.5 Å². The first kappa shape index (κ1) is 47.3. The average Bonchev–Trinajstić information content (AvgIpc) is 3.91. The van der Waals surface area contributed by atoms with Crippen LogP contribution in [0.3, 0.4) is 0 Å². The summed E-state index contributed by atoms with van der Waals surface area (Å²) in [5.74, 6) is -5.24. The Balaban J connectivity index is 0.862. The van der Waals surface area contributed by atoms with E-state index < -0.39 is 106 Å². The summed E-state index contributed by atoms with van der Waals surface area (Å²) < 4.78 is 46.8. The summed E-state index contributed by atoms with van der Waals surface area (Å²) in [5.41, 5.74) is -4.87. The predicted molar refractivity (Wildman–Crippen MR) is 235 cm³/mol. The van der Waals surface area contributed by atoms with Gasteiger partial charge in [0.25, 0.3) is 11.8 Å². The molecule has 17 heteroatoms. The third kappa shape index (κ3) is 7.89. The van der Waals surface area contributed by atoms with E-state index in [1.165, 1.54) is 37.8 Å². The van der Waals surface area contributed by atoms with Gasteiger partial charge >= 0.3 is 0 Å². The van der Waals surface area contributed by atoms with Crippen LogP contribution in [0.25, 0.3) is 0 Å². The summed E-state index contributed by atoms with van der Waals surface area (Å²) in [6, 6.07) is 13.7. The molecule has 4 amide bonds. The van der Waals surface area contributed by atoms with Gasteiger partial charge in [-0.15, -0.1) is 11.8 Å². The van der Waals surface area contributed by atoms with Crippen molar-refractivity contribution in [2.75, 3.05) is 18.5 Å². The van der Waals surface area contributed by atoms with E-state index in [-0.39, 0.29) is 55.9 Å². The van der Waals surface area contributed by atoms with Gasteiger partial charge < -0.3 is 30.3 Å². The van der Waals surface area contributed by atoms with E-state index in [1.807, 2.05) is 36.4 Å². The SMILES string of the molecule is C[C@H](CC(=O)[C@H](C)NC(=O)CCN1C(=O)C=CC1=O)C(=O)Nc1cccc(SCc2ccc([C@H]3O[C@@H]4C[C@H]5[C@@H]6C[C@H](F)C7=CC(=O)C=C[C@]7(C)[C@@]6(F)[C@@H](O)C[C@]5(C)[C@]4(C(=O)CO)O3)cc2)c1. The average molecular weight is 930 g/mol. The number of ketones is 3. The van der Waals surface area contributed by atoms with Gasteiger partial charge in [0.05, 0.1) is 18.2 Å². The number of rotatable bonds is 15. The van der Waals surface area contributed by atoms with Crippen LogP contribution >= 0.6 is 11.8 Å². The van der Waals surface area contributed by atoms with E-state index in [4.69, 9.17) is 9.47 Å². The van der Waals surface area contributed by atoms with Crippen LogP contribution in [-0.4, -0.2) is 105 Å². The number of ether oxygens (including phenoxy) is 2. The molecule has 4 N–H and O–H groups in total. The number of benzene rings is 2. The number of aliphatic hydroxyl groups is 2. The molecule has 350 valence electrons. The van der Waals surface area contributed by atoms with Crippen molar-refractivity contribution in [2.24, 2.45) is 28.6 Å². The third-order valence-corrected chi connectivity index (χ3v) is 16.0. The summed E-state index contributed by atoms with van der Waals surface area (Å²) in [4.78, 5) is 89.7. The number of anilines is 1. The van der Waals surface area contributed by atoms with Gasteiger partial charge in [-0.1, -0.05) is 50.3 Å². The molecule has 6 aliphatic rings. The van der Waals surface area contributed by atoms with Crippen molar-refractivity contribution in [1.29, 1.82) is 0 Å². The third-order valence-electron chi connectivity index (χ3n) is 15.0. The Kier molecular flexibility index (Phi) is 12.8. The van der Waals surface area contributed by atoms with Gasteiger partial charge in [0.15, 0.2) is 34.9 Å². The van der Waals surface area contributed by atoms with Gasteiger partial charge in [-0.2, -0.15) is 0 Å². The Morgan fingerprint density at radius 2 is 1.70 bits per heavy atom. The lowest BCUT2D eigenvalue weighted by molar-refractivity contribution is -0.235. The molecule has 3 saturated carbocycles. The molecule has 4 aliphatic carbocycles. The molecule has 12 atom stereocenters. The second-order valence-electron chi connectivity index (χ2n) is 18.8. The zero-order valence-corrected chi connectivity index (χ0v) is 37.8. The molecular weight excluding hydrogens is 877 g/mol. The number of hydrogen-bond acceptors (Lipinski definition) is 12. The lowest BCUT2D eigenvalue weighted by Gasteiger charge is -2.63. The zero-order valence-electron chi connectivity index (χ0n) is 37.0. The highest BCUT2D eigenvalue weighted by Gasteiger charge is 2.80. The second-order valence-corrected chi connectivity index (χ2v) is 19.9. The molecule has 0 spiro atoms. The normalized spacial score (nSPS) is 33.9. The minimum absolute atomic E-state index is 0.00272. The van der Waals surface area contributed by atoms with Crippen molar-refractivity contribution >= 4 is 58.4 Å². The number of Topliss-reactive ketones (excluding diaryl/α,β-unsaturated/α-hetero) is 2. The number of nitrogens with one attached hydrogen (secondary N) is 2. The first-order valence-corrected chi connectivity index (χ1v) is 23.2. The number of nitrogens with zero attached hydrogens (tertiary/aromatic N) is 1. The standard InChI is InChI=1S/C49H53F2N3O11S/c1-26(18-37(57)27(2)52-41(60)15-17-54-42(61)12-13-43(54)62)44(63)53-30-6-5-7-32(19-30)66-25-28-8-10-29(11-9-28)45-64-40-22-33-34-21-36(50)35-20-31(56)14-16-46(35,3)48(34,51)38(58)23-47(33,4)49(40,65-45)39(59)24-55/h5-14,16,19-20,26-27,33-34,36,38,40,45,55,58H,15,17-18,21-25H2,1-4H3,(H,52,60)(H,53,63)/t26-,27+,33+,34+,36+,38+,40-,45+,46+,47+,48+,49-/m1/s1. The van der Waals surface area contributed by atoms with Gasteiger partial charge in [-0.3, -0.25) is 38.5 Å². The van der Waals surface area contributed by atoms with Crippen LogP contribution in [0.2, 0.25) is 0 Å². The number of aliphatic hydroxyl groups excluding tert-OH is 2. The number of amides is 4. The molecule has 0 bridgehead atoms. The molecular formula is C49H53F2N3O11S. The molecule has 2 aromatic carbocycles. The molecule has 0 aromatic heterocycles. The van der Waals surface area contributed by atoms with E-state index >= 15 is 8.78 Å². The summed E-state index contributed by atoms with van der Waals surface area (Å²) in [7, 11) is 0. The number of imide groups is 1. The Morgan fingerprint density at radius 1 is 0.985 bits per heavy atom. The Morgan fingerprint density at radius 3 is 2.39 bits per heavy atom. The van der Waals surface area contributed by atoms with Gasteiger partial charge in [0.1, 0.15) is 12.8 Å². The van der Waals surface area contributed by atoms with Crippen LogP contribution < -0.4 is 10.6 Å². The summed E-state index contributed by atoms with van der Waals surface area (Å²) in [5, 5.41) is 27.5. The Hall–Kier alpha value is -5.20. The number of carbonyl (C=O) groups excluding carboxylic acids is 7. The maximum Gasteiger partial charge on any atom is 0.253 e. The first-order chi connectivity index (χ1) is 31.2. The van der Waals surface area contributed by atoms with E-state index in [2.05, 4.69) is 10.6 Å². The van der Waals surface area contributed by atoms with Gasteiger partial charge in [0, 0.05) is 76.1 Å². The summed E-state index contributed by atoms with van der Waals surface area (Å²) in [6.07, 6.45) is 0.0259. The summed E-state index contributed by atoms with van der Waals surface area (Å²) >= 11 is 1.51. The monoisotopic (exact) mass is 929 g/mol. The maximum absolute atomic E-state index is 17.7. The molecule has 4 fully saturated rings. The molecule has 1 saturated heterocycles. The lowest BCUT2D eigenvalue weighted by Crippen LogP contribution is -2.70. The minimum atomic E-state index is -2.35. The first-order valence-electron chi connectivity index (χ1n) is 22.2. The molecule has 8 rings (SSSR count). The topological polar surface area (TPSA) is 206 Å². The van der Waals surface area contributed by atoms with Crippen LogP contribution in [0.5, 0.6) is 0 Å². The number of fused-ring (bicyclic) bond motifs is 7. The fourth-order valence-electron chi connectivity index (χ4n) is 11.4. The van der Waals surface area contributed by atoms with Crippen molar-refractivity contribution in [2.45, 2.75) is 112 Å². The van der Waals surface area contributed by atoms with Crippen LogP contribution in [0.15, 0.2) is 89.4 Å². The van der Waals surface area contributed by atoms with Crippen molar-refractivity contribution in [1.82, 2.24) is 10.2 Å². The van der Waals surface area contributed by atoms with E-state index in [1.54, 1.807) is 26.0 Å². The predicted octanol–water partition coefficient (Wildman–Crippen LogP) is 4.98. The lowest BCUT2D eigenvalue weighted by atomic mass is 9.44. The van der Waals surface area contributed by atoms with Crippen molar-refractivity contribution in [3.63, 3.8) is 0 Å². The molecule has 14 nitrogen and oxygen atoms in total. The highest BCUT2D eigenvalue weighted by molar-refractivity contribution is 7.98. The molecule has 0 radical (unpaired) electrons. The molecule has 2 aliphatic heterocycles. The van der Waals surface area contributed by atoms with Crippen LogP contribution in [0.1, 0.15) is 77.2 Å². The minimum Gasteiger partial charge on any atom is -0.390 e. The number of thioether (sulfide) groups is 1. The number of alkyl halides is 2. The number of allylic oxidation sites excluding steroid dienone is 4. The fourth-order valence-corrected chi connectivity index (χ4v) is 12.3. The molecule has 2 heterocycles. The fraction of sp³-hybridized carbons (Fsp3) is 0.490. The Labute approximate surface area is 384 Å². The van der Waals surface area contributed by atoms with Gasteiger partial charge in [-0.25, -0.2) is 8.78 Å². The number of hydrogen-bond donors (Lipinski definition) is 4. The molecule has 0 unspecified atom stereocenters. The van der Waals surface area contributed by atoms with Crippen LogP contribution in [0.4, 0.5) is 14.5 Å². The number of halogens is 2. The van der Waals surface area contributed by atoms with Crippen molar-refractivity contribution < 1.29 is 62.0 Å². The van der Waals surface area contributed by atoms with E-state index in [0.717, 1.165) is 33.6 Å². The highest BCUT2D eigenvalue weighted by atomic mass is 32.2. The molecule has 66 heavy (non-hydrogen) atoms. The van der Waals surface area contributed by atoms with Crippen molar-refractivity contribution in [3.8, 4) is 0 Å². The number of carbonyl (C=O) groups is 7. The second kappa shape index (κ2) is 17.8. The Bertz CT molecular complexity index is 2440. The molecule has 2 aromatic rings. The van der Waals surface area contributed by atoms with Crippen LogP contribution in [0, 0.1) is 28.6 Å². The smallest absolute Gasteiger partial charge is 0.253 e. The van der Waals surface area contributed by atoms with Crippen molar-refractivity contribution in [3.05, 3.63) is 95.6 Å². The largest absolute Gasteiger partial charge is 0.390 e. The quantitative estimate of drug-likeness (QED) is 0.138. The van der Waals surface area contributed by atoms with Gasteiger partial charge in [0.2, 0.25) is 11.8 Å². The maximum atomic E-state index is 17.7.